The zero-order valence-electron chi connectivity index (χ0n) is 13.3. The van der Waals surface area contributed by atoms with Crippen molar-refractivity contribution in [1.29, 1.82) is 5.26 Å². The molecule has 128 valence electrons. The van der Waals surface area contributed by atoms with Gasteiger partial charge in [0, 0.05) is 30.7 Å². The Labute approximate surface area is 145 Å². The van der Waals surface area contributed by atoms with E-state index < -0.39 is 5.97 Å². The minimum absolute atomic E-state index is 0.0471. The first-order valence-electron chi connectivity index (χ1n) is 7.24. The van der Waals surface area contributed by atoms with Crippen molar-refractivity contribution in [3.05, 3.63) is 34.9 Å². The van der Waals surface area contributed by atoms with Crippen molar-refractivity contribution in [2.24, 2.45) is 0 Å². The predicted molar refractivity (Wildman–Crippen MR) is 87.2 cm³/mol. The monoisotopic (exact) mass is 351 g/mol. The van der Waals surface area contributed by atoms with Gasteiger partial charge in [0.05, 0.1) is 18.9 Å². The van der Waals surface area contributed by atoms with Crippen molar-refractivity contribution in [2.45, 2.75) is 12.8 Å². The molecule has 0 heterocycles. The number of esters is 1. The molecule has 8 heteroatoms. The Morgan fingerprint density at radius 2 is 1.96 bits per heavy atom. The van der Waals surface area contributed by atoms with E-state index in [2.05, 4.69) is 5.32 Å². The highest BCUT2D eigenvalue weighted by Gasteiger charge is 2.12. The third-order valence-electron chi connectivity index (χ3n) is 3.06. The van der Waals surface area contributed by atoms with Gasteiger partial charge in [-0.1, -0.05) is 11.6 Å². The first-order valence-corrected chi connectivity index (χ1v) is 7.62. The normalized spacial score (nSPS) is 9.71. The molecular weight excluding hydrogens is 334 g/mol. The van der Waals surface area contributed by atoms with E-state index in [1.54, 1.807) is 24.3 Å². The maximum absolute atomic E-state index is 11.8. The smallest absolute Gasteiger partial charge is 0.308 e. The summed E-state index contributed by atoms with van der Waals surface area (Å²) in [6.07, 6.45) is 0.168. The number of hydrogen-bond acceptors (Lipinski definition) is 5. The molecule has 0 aromatic heterocycles. The second kappa shape index (κ2) is 10.2. The summed E-state index contributed by atoms with van der Waals surface area (Å²) in [6, 6.07) is 8.27. The third-order valence-corrected chi connectivity index (χ3v) is 3.31. The Morgan fingerprint density at radius 1 is 1.29 bits per heavy atom. The zero-order chi connectivity index (χ0) is 17.9. The molecule has 0 radical (unpaired) electrons. The van der Waals surface area contributed by atoms with Crippen molar-refractivity contribution in [1.82, 2.24) is 10.2 Å². The average Bonchev–Trinajstić information content (AvgIpc) is 2.57. The van der Waals surface area contributed by atoms with E-state index >= 15 is 0 Å². The summed E-state index contributed by atoms with van der Waals surface area (Å²) in [5.41, 5.74) is 0.432. The van der Waals surface area contributed by atoms with Crippen molar-refractivity contribution in [3.63, 3.8) is 0 Å². The fourth-order valence-electron chi connectivity index (χ4n) is 1.65. The minimum Gasteiger partial charge on any atom is -0.456 e. The van der Waals surface area contributed by atoms with Crippen molar-refractivity contribution in [3.8, 4) is 6.07 Å². The number of amides is 2. The van der Waals surface area contributed by atoms with E-state index in [-0.39, 0.29) is 44.4 Å². The zero-order valence-corrected chi connectivity index (χ0v) is 14.0. The summed E-state index contributed by atoms with van der Waals surface area (Å²) in [5, 5.41) is 11.5. The second-order valence-electron chi connectivity index (χ2n) is 4.90. The first-order chi connectivity index (χ1) is 11.4. The molecule has 24 heavy (non-hydrogen) atoms. The molecule has 0 aliphatic heterocycles. The topological polar surface area (TPSA) is 99.5 Å². The van der Waals surface area contributed by atoms with Gasteiger partial charge in [-0.25, -0.2) is 0 Å². The summed E-state index contributed by atoms with van der Waals surface area (Å²) in [4.78, 5) is 36.3. The van der Waals surface area contributed by atoms with Gasteiger partial charge >= 0.3 is 5.97 Å². The van der Waals surface area contributed by atoms with Crippen LogP contribution in [0, 0.1) is 11.3 Å². The lowest BCUT2D eigenvalue weighted by molar-refractivity contribution is -0.151. The highest BCUT2D eigenvalue weighted by molar-refractivity contribution is 6.30. The molecule has 1 aromatic rings. The molecule has 0 aliphatic carbocycles. The molecule has 0 saturated heterocycles. The Hall–Kier alpha value is -2.59. The van der Waals surface area contributed by atoms with Gasteiger partial charge in [0.2, 0.25) is 0 Å². The largest absolute Gasteiger partial charge is 0.456 e. The van der Waals surface area contributed by atoms with Gasteiger partial charge in [0.15, 0.2) is 6.61 Å². The number of carbonyl (C=O) groups is 3. The molecule has 0 atom stereocenters. The van der Waals surface area contributed by atoms with E-state index in [9.17, 15) is 14.4 Å². The van der Waals surface area contributed by atoms with Crippen LogP contribution in [0.2, 0.25) is 5.02 Å². The summed E-state index contributed by atoms with van der Waals surface area (Å²) in [6.45, 7) is -0.00528. The molecule has 0 unspecified atom stereocenters. The van der Waals surface area contributed by atoms with E-state index in [1.165, 1.54) is 11.9 Å². The van der Waals surface area contributed by atoms with Crippen molar-refractivity contribution < 1.29 is 19.1 Å². The summed E-state index contributed by atoms with van der Waals surface area (Å²) < 4.78 is 4.83. The maximum atomic E-state index is 11.8. The minimum atomic E-state index is -0.589. The van der Waals surface area contributed by atoms with Gasteiger partial charge in [-0.3, -0.25) is 14.4 Å². The molecule has 0 spiro atoms. The average molecular weight is 352 g/mol. The molecule has 1 rings (SSSR count). The van der Waals surface area contributed by atoms with Crippen molar-refractivity contribution >= 4 is 29.4 Å². The molecule has 0 fully saturated rings. The van der Waals surface area contributed by atoms with Crippen LogP contribution in [0.15, 0.2) is 24.3 Å². The lowest BCUT2D eigenvalue weighted by Gasteiger charge is -2.15. The molecule has 7 nitrogen and oxygen atoms in total. The van der Waals surface area contributed by atoms with Gasteiger partial charge in [-0.15, -0.1) is 0 Å². The van der Waals surface area contributed by atoms with E-state index in [1.807, 2.05) is 6.07 Å². The quantitative estimate of drug-likeness (QED) is 0.713. The number of nitrogens with zero attached hydrogens (tertiary/aromatic N) is 2. The fourth-order valence-corrected chi connectivity index (χ4v) is 1.77. The number of likely N-dealkylation sites (N-methyl/N-ethyl adjacent to an activating group) is 1. The Kier molecular flexibility index (Phi) is 8.30. The van der Waals surface area contributed by atoms with Gasteiger partial charge in [-0.2, -0.15) is 5.26 Å². The number of rotatable bonds is 8. The fraction of sp³-hybridized carbons (Fsp3) is 0.375. The molecule has 2 amide bonds. The first kappa shape index (κ1) is 19.5. The van der Waals surface area contributed by atoms with Crippen LogP contribution in [0.1, 0.15) is 23.2 Å². The number of carbonyl (C=O) groups excluding carboxylic acids is 3. The molecular formula is C16H18ClN3O4. The van der Waals surface area contributed by atoms with Crippen LogP contribution in [0.4, 0.5) is 0 Å². The number of nitrogens with one attached hydrogen (secondary N) is 1. The molecule has 0 aliphatic rings. The van der Waals surface area contributed by atoms with E-state index in [4.69, 9.17) is 21.6 Å². The lowest BCUT2D eigenvalue weighted by atomic mass is 10.2. The highest BCUT2D eigenvalue weighted by atomic mass is 35.5. The van der Waals surface area contributed by atoms with E-state index in [0.717, 1.165) is 0 Å². The number of ether oxygens (including phenoxy) is 1. The van der Waals surface area contributed by atoms with Crippen LogP contribution in [0.25, 0.3) is 0 Å². The van der Waals surface area contributed by atoms with E-state index in [0.29, 0.717) is 10.6 Å². The van der Waals surface area contributed by atoms with Crippen LogP contribution in [0.3, 0.4) is 0 Å². The SMILES string of the molecule is CN(CCC#N)C(=O)COC(=O)CCNC(=O)c1ccc(Cl)cc1. The molecule has 0 saturated carbocycles. The number of halogens is 1. The predicted octanol–water partition coefficient (Wildman–Crippen LogP) is 1.38. The Balaban J connectivity index is 2.24. The number of nitriles is 1. The number of benzene rings is 1. The van der Waals surface area contributed by atoms with Gasteiger partial charge in [-0.05, 0) is 24.3 Å². The van der Waals surface area contributed by atoms with Crippen LogP contribution < -0.4 is 5.32 Å². The molecule has 1 aromatic carbocycles. The van der Waals surface area contributed by atoms with Crippen molar-refractivity contribution in [2.75, 3.05) is 26.7 Å². The van der Waals surface area contributed by atoms with Crippen LogP contribution in [-0.2, 0) is 14.3 Å². The Bertz CT molecular complexity index is 625. The molecule has 0 bridgehead atoms. The Morgan fingerprint density at radius 3 is 2.58 bits per heavy atom. The summed E-state index contributed by atoms with van der Waals surface area (Å²) >= 11 is 5.73. The molecule has 1 N–H and O–H groups in total. The van der Waals surface area contributed by atoms with Crippen LogP contribution >= 0.6 is 11.6 Å². The van der Waals surface area contributed by atoms with Gasteiger partial charge < -0.3 is 15.0 Å². The van der Waals surface area contributed by atoms with Crippen LogP contribution in [0.5, 0.6) is 0 Å². The lowest BCUT2D eigenvalue weighted by Crippen LogP contribution is -2.32. The van der Waals surface area contributed by atoms with Crippen LogP contribution in [-0.4, -0.2) is 49.4 Å². The highest BCUT2D eigenvalue weighted by Crippen LogP contribution is 2.09. The maximum Gasteiger partial charge on any atom is 0.308 e. The third kappa shape index (κ3) is 7.11. The standard InChI is InChI=1S/C16H18ClN3O4/c1-20(10-2-8-18)14(21)11-24-15(22)7-9-19-16(23)12-3-5-13(17)6-4-12/h3-6H,2,7,9-11H2,1H3,(H,19,23). The van der Waals surface area contributed by atoms with Gasteiger partial charge in [0.1, 0.15) is 0 Å². The number of hydrogen-bond donors (Lipinski definition) is 1. The second-order valence-corrected chi connectivity index (χ2v) is 5.33. The summed E-state index contributed by atoms with van der Waals surface area (Å²) in [7, 11) is 1.53. The summed E-state index contributed by atoms with van der Waals surface area (Å²) in [5.74, 6) is -1.30. The van der Waals surface area contributed by atoms with Gasteiger partial charge in [0.25, 0.3) is 11.8 Å².